The minimum absolute atomic E-state index is 0.0121. The number of nitrogens with zero attached hydrogens (tertiary/aromatic N) is 3. The Kier molecular flexibility index (Phi) is 18.5. The molecule has 3 heteroatoms. The van der Waals surface area contributed by atoms with Gasteiger partial charge < -0.3 is 14.7 Å². The van der Waals surface area contributed by atoms with Crippen LogP contribution in [0, 0.1) is 13.8 Å². The largest absolute Gasteiger partial charge is 0.336 e. The van der Waals surface area contributed by atoms with E-state index in [9.17, 15) is 2.74 Å². The van der Waals surface area contributed by atoms with E-state index in [1.807, 2.05) is 27.7 Å². The Morgan fingerprint density at radius 2 is 0.558 bits per heavy atom. The van der Waals surface area contributed by atoms with E-state index in [-0.39, 0.29) is 32.9 Å². The zero-order chi connectivity index (χ0) is 76.0. The number of hydrogen-bond donors (Lipinski definition) is 0. The number of aryl methyl sites for hydroxylation is 1. The lowest BCUT2D eigenvalue weighted by molar-refractivity contribution is 0.555. The first-order valence-corrected chi connectivity index (χ1v) is 37.6. The van der Waals surface area contributed by atoms with Gasteiger partial charge in [-0.3, -0.25) is 0 Å². The van der Waals surface area contributed by atoms with Crippen LogP contribution in [0.25, 0.3) is 66.8 Å². The first-order chi connectivity index (χ1) is 49.9. The van der Waals surface area contributed by atoms with Crippen LogP contribution in [0.5, 0.6) is 0 Å². The van der Waals surface area contributed by atoms with Gasteiger partial charge in [-0.15, -0.1) is 0 Å². The summed E-state index contributed by atoms with van der Waals surface area (Å²) >= 11 is 0. The summed E-state index contributed by atoms with van der Waals surface area (Å²) in [5, 5.41) is 0. The van der Waals surface area contributed by atoms with E-state index in [0.717, 1.165) is 33.9 Å². The van der Waals surface area contributed by atoms with Crippen molar-refractivity contribution in [1.29, 1.82) is 0 Å². The lowest BCUT2D eigenvalue weighted by atomic mass is 9.77. The summed E-state index contributed by atoms with van der Waals surface area (Å²) in [4.78, 5) is 7.38. The van der Waals surface area contributed by atoms with Gasteiger partial charge in [0.15, 0.2) is 0 Å². The fraction of sp³-hybridized carbons (Fsp3) is 0.287. The Bertz CT molecular complexity index is 5000. The van der Waals surface area contributed by atoms with Crippen LogP contribution in [0.3, 0.4) is 0 Å². The third kappa shape index (κ3) is 13.1. The maximum absolute atomic E-state index is 9.35. The van der Waals surface area contributed by atoms with Gasteiger partial charge in [-0.2, -0.15) is 0 Å². The van der Waals surface area contributed by atoms with Crippen molar-refractivity contribution in [2.45, 2.75) is 190 Å². The summed E-state index contributed by atoms with van der Waals surface area (Å²) in [6.07, 6.45) is 0. The van der Waals surface area contributed by atoms with Gasteiger partial charge in [0.25, 0.3) is 0 Å². The van der Waals surface area contributed by atoms with Crippen molar-refractivity contribution in [3.8, 4) is 66.8 Å². The summed E-state index contributed by atoms with van der Waals surface area (Å²) in [6.45, 7) is 47.1. The fourth-order valence-electron chi connectivity index (χ4n) is 17.7. The van der Waals surface area contributed by atoms with E-state index >= 15 is 0 Å². The van der Waals surface area contributed by atoms with E-state index in [4.69, 9.17) is 0 Å². The highest BCUT2D eigenvalue weighted by Gasteiger charge is 2.43. The van der Waals surface area contributed by atoms with Crippen LogP contribution in [-0.4, -0.2) is 16.6 Å². The standard InChI is InChI=1S/2C34H37N.C33H35N/c2*1-23(2)31-30(22-21-28-27-15-11-12-16-29(27)34(6,7)32(28)31)35(33(3,4)5)26-19-17-25(18-20-26)24-13-9-8-10-14-24;1-22-21-25(24-13-9-8-10-14-24)17-19-29(22)34(32(3,4)5)30-20-18-27-26-15-11-12-16-28(26)33(6,7)31(27)23(30)2/h2*8-23H,1-7H3;8-21H,1-7H3/i2*23D;. The molecule has 3 aliphatic rings. The molecule has 528 valence electrons. The molecule has 0 spiro atoms. The minimum Gasteiger partial charge on any atom is -0.336 e. The number of hydrogen-bond acceptors (Lipinski definition) is 3. The van der Waals surface area contributed by atoms with Crippen molar-refractivity contribution in [3.63, 3.8) is 0 Å². The van der Waals surface area contributed by atoms with Crippen LogP contribution in [0.15, 0.2) is 267 Å². The maximum Gasteiger partial charge on any atom is 0.0454 e. The molecule has 0 unspecified atom stereocenters. The molecular weight excluding hydrogens is 1260 g/mol. The second-order valence-corrected chi connectivity index (χ2v) is 34.1. The second-order valence-electron chi connectivity index (χ2n) is 34.1. The monoisotopic (exact) mass is 1370 g/mol. The molecule has 0 heterocycles. The Hall–Kier alpha value is -9.96. The third-order valence-electron chi connectivity index (χ3n) is 22.1. The zero-order valence-corrected chi connectivity index (χ0v) is 65.7. The molecule has 0 N–H and O–H groups in total. The zero-order valence-electron chi connectivity index (χ0n) is 67.7. The van der Waals surface area contributed by atoms with Crippen molar-refractivity contribution in [3.05, 3.63) is 323 Å². The summed E-state index contributed by atoms with van der Waals surface area (Å²) in [7, 11) is 0. The predicted octanol–water partition coefficient (Wildman–Crippen LogP) is 28.7. The van der Waals surface area contributed by atoms with Crippen molar-refractivity contribution in [2.24, 2.45) is 0 Å². The van der Waals surface area contributed by atoms with Crippen LogP contribution in [0.2, 0.25) is 0 Å². The average Bonchev–Trinajstić information content (AvgIpc) is 1.54. The Labute approximate surface area is 627 Å². The van der Waals surface area contributed by atoms with E-state index in [2.05, 4.69) is 399 Å². The lowest BCUT2D eigenvalue weighted by Crippen LogP contribution is -2.38. The van der Waals surface area contributed by atoms with E-state index < -0.39 is 11.8 Å². The predicted molar refractivity (Wildman–Crippen MR) is 451 cm³/mol. The molecule has 104 heavy (non-hydrogen) atoms. The summed E-state index contributed by atoms with van der Waals surface area (Å²) in [6, 6.07) is 96.4. The first kappa shape index (κ1) is 69.7. The SMILES string of the molecule is Cc1cc(-c2ccccc2)ccc1N(c1ccc2c(c1C)C(C)(C)c1ccccc1-2)C(C)(C)C.[2H]C(C)(C)c1c(N(c2ccc(-c3ccccc3)cc2)C(C)(C)C)ccc2c1C(C)(C)c1ccccc1-2.[2H]C(C)(C)c1c(N(c2ccc(-c3ccccc3)cc2)C(C)(C)C)ccc2c1C(C)(C)c1ccccc1-2. The lowest BCUT2D eigenvalue weighted by Gasteiger charge is -2.41. The van der Waals surface area contributed by atoms with Gasteiger partial charge in [-0.25, -0.2) is 0 Å². The maximum atomic E-state index is 9.35. The van der Waals surface area contributed by atoms with Crippen molar-refractivity contribution in [1.82, 2.24) is 0 Å². The molecule has 15 rings (SSSR count). The van der Waals surface area contributed by atoms with E-state index in [1.54, 1.807) is 0 Å². The molecule has 0 bridgehead atoms. The van der Waals surface area contributed by atoms with Gasteiger partial charge in [-0.1, -0.05) is 282 Å². The van der Waals surface area contributed by atoms with E-state index in [1.165, 1.54) is 123 Å². The Balaban J connectivity index is 0.000000141. The summed E-state index contributed by atoms with van der Waals surface area (Å²) in [5.74, 6) is -1.54. The molecule has 12 aromatic carbocycles. The van der Waals surface area contributed by atoms with Gasteiger partial charge in [0.2, 0.25) is 0 Å². The van der Waals surface area contributed by atoms with E-state index in [0.29, 0.717) is 0 Å². The molecule has 0 saturated carbocycles. The molecule has 12 aromatic rings. The van der Waals surface area contributed by atoms with Crippen molar-refractivity contribution < 1.29 is 2.74 Å². The molecule has 0 aromatic heterocycles. The molecule has 0 saturated heterocycles. The van der Waals surface area contributed by atoms with Gasteiger partial charge in [0, 0.05) is 69.7 Å². The molecule has 0 amide bonds. The minimum atomic E-state index is -0.770. The molecule has 3 aliphatic carbocycles. The number of anilines is 6. The topological polar surface area (TPSA) is 9.72 Å². The number of benzene rings is 12. The average molecular weight is 1370 g/mol. The van der Waals surface area contributed by atoms with Crippen LogP contribution >= 0.6 is 0 Å². The molecule has 0 atom stereocenters. The summed E-state index contributed by atoms with van der Waals surface area (Å²) in [5.41, 5.74) is 34.6. The first-order valence-electron chi connectivity index (χ1n) is 38.6. The van der Waals surface area contributed by atoms with Gasteiger partial charge in [0.1, 0.15) is 0 Å². The van der Waals surface area contributed by atoms with Gasteiger partial charge in [-0.05, 0) is 265 Å². The van der Waals surface area contributed by atoms with Gasteiger partial charge >= 0.3 is 0 Å². The molecule has 3 nitrogen and oxygen atoms in total. The van der Waals surface area contributed by atoms with Crippen LogP contribution in [0.1, 0.15) is 202 Å². The second kappa shape index (κ2) is 27.6. The Morgan fingerprint density at radius 3 is 0.894 bits per heavy atom. The fourth-order valence-corrected chi connectivity index (χ4v) is 17.7. The Morgan fingerprint density at radius 1 is 0.279 bits per heavy atom. The van der Waals surface area contributed by atoms with Crippen LogP contribution < -0.4 is 14.7 Å². The molecule has 0 radical (unpaired) electrons. The van der Waals surface area contributed by atoms with Crippen molar-refractivity contribution >= 4 is 34.1 Å². The third-order valence-corrected chi connectivity index (χ3v) is 22.1. The smallest absolute Gasteiger partial charge is 0.0454 e. The quantitative estimate of drug-likeness (QED) is 0.128. The molecular formula is C101H109N3. The molecule has 0 aliphatic heterocycles. The van der Waals surface area contributed by atoms with Crippen LogP contribution in [0.4, 0.5) is 34.1 Å². The normalized spacial score (nSPS) is 14.5. The summed E-state index contributed by atoms with van der Waals surface area (Å²) < 4.78 is 18.7. The highest BCUT2D eigenvalue weighted by atomic mass is 15.2. The van der Waals surface area contributed by atoms with Gasteiger partial charge in [0.05, 0.1) is 0 Å². The number of fused-ring (bicyclic) bond motifs is 9. The van der Waals surface area contributed by atoms with Crippen molar-refractivity contribution in [2.75, 3.05) is 14.7 Å². The highest BCUT2D eigenvalue weighted by molar-refractivity contribution is 5.90. The highest BCUT2D eigenvalue weighted by Crippen LogP contribution is 2.58. The molecule has 0 fully saturated rings. The number of rotatable bonds is 11. The van der Waals surface area contributed by atoms with Crippen LogP contribution in [-0.2, 0) is 16.2 Å².